The van der Waals surface area contributed by atoms with Crippen molar-refractivity contribution in [2.75, 3.05) is 0 Å². The molecule has 0 aliphatic carbocycles. The summed E-state index contributed by atoms with van der Waals surface area (Å²) in [6.07, 6.45) is 0. The molecule has 0 unspecified atom stereocenters. The molecule has 0 aliphatic heterocycles. The van der Waals surface area contributed by atoms with Gasteiger partial charge in [0, 0.05) is 6.07 Å². The van der Waals surface area contributed by atoms with Gasteiger partial charge >= 0.3 is 0 Å². The van der Waals surface area contributed by atoms with E-state index in [4.69, 9.17) is 9.26 Å². The van der Waals surface area contributed by atoms with Crippen molar-refractivity contribution >= 4 is 21.6 Å². The van der Waals surface area contributed by atoms with Gasteiger partial charge in [-0.15, -0.1) is 0 Å². The molecule has 0 atom stereocenters. The molecule has 0 bridgehead atoms. The minimum Gasteiger partial charge on any atom is -0.482 e. The Labute approximate surface area is 110 Å². The zero-order valence-electron chi connectivity index (χ0n) is 9.29. The standard InChI is InChI=1S/C10H8BrN3O4/c1-6-12-10(18-13-6)5-17-9-4-7(14(15)16)2-3-8(9)11/h2-4H,5H2,1H3. The summed E-state index contributed by atoms with van der Waals surface area (Å²) in [7, 11) is 0. The molecule has 1 heterocycles. The monoisotopic (exact) mass is 313 g/mol. The van der Waals surface area contributed by atoms with Gasteiger partial charge in [0.25, 0.3) is 11.6 Å². The average Bonchev–Trinajstić information content (AvgIpc) is 2.74. The minimum absolute atomic E-state index is 0.0464. The number of nitro groups is 1. The second kappa shape index (κ2) is 5.13. The summed E-state index contributed by atoms with van der Waals surface area (Å²) in [5.41, 5.74) is -0.0464. The van der Waals surface area contributed by atoms with Crippen LogP contribution >= 0.6 is 15.9 Å². The largest absolute Gasteiger partial charge is 0.482 e. The molecule has 0 fully saturated rings. The van der Waals surface area contributed by atoms with Crippen LogP contribution in [0, 0.1) is 17.0 Å². The summed E-state index contributed by atoms with van der Waals surface area (Å²) in [6, 6.07) is 4.26. The van der Waals surface area contributed by atoms with Gasteiger partial charge in [0.05, 0.1) is 15.5 Å². The topological polar surface area (TPSA) is 91.3 Å². The van der Waals surface area contributed by atoms with Crippen molar-refractivity contribution in [1.29, 1.82) is 0 Å². The first-order chi connectivity index (χ1) is 8.56. The second-order valence-electron chi connectivity index (χ2n) is 3.40. The van der Waals surface area contributed by atoms with Gasteiger partial charge in [-0.2, -0.15) is 4.98 Å². The summed E-state index contributed by atoms with van der Waals surface area (Å²) >= 11 is 3.24. The Morgan fingerprint density at radius 3 is 2.94 bits per heavy atom. The zero-order valence-corrected chi connectivity index (χ0v) is 10.9. The Kier molecular flexibility index (Phi) is 3.56. The molecule has 0 spiro atoms. The predicted molar refractivity (Wildman–Crippen MR) is 64.2 cm³/mol. The second-order valence-corrected chi connectivity index (χ2v) is 4.25. The SMILES string of the molecule is Cc1noc(COc2cc([N+](=O)[O-])ccc2Br)n1. The number of hydrogen-bond acceptors (Lipinski definition) is 6. The lowest BCUT2D eigenvalue weighted by atomic mass is 10.3. The Morgan fingerprint density at radius 1 is 1.56 bits per heavy atom. The number of aromatic nitrogens is 2. The fourth-order valence-electron chi connectivity index (χ4n) is 1.25. The summed E-state index contributed by atoms with van der Waals surface area (Å²) in [5, 5.41) is 14.2. The first-order valence-corrected chi connectivity index (χ1v) is 5.71. The smallest absolute Gasteiger partial charge is 0.273 e. The van der Waals surface area contributed by atoms with Gasteiger partial charge in [0.2, 0.25) is 0 Å². The predicted octanol–water partition coefficient (Wildman–Crippen LogP) is 2.63. The molecule has 0 amide bonds. The van der Waals surface area contributed by atoms with Crippen molar-refractivity contribution in [3.63, 3.8) is 0 Å². The fraction of sp³-hybridized carbons (Fsp3) is 0.200. The van der Waals surface area contributed by atoms with E-state index in [1.54, 1.807) is 13.0 Å². The molecule has 0 N–H and O–H groups in total. The third kappa shape index (κ3) is 2.83. The third-order valence-corrected chi connectivity index (χ3v) is 2.70. The van der Waals surface area contributed by atoms with Crippen molar-refractivity contribution in [3.05, 3.63) is 44.5 Å². The highest BCUT2D eigenvalue weighted by Gasteiger charge is 2.12. The number of aryl methyl sites for hydroxylation is 1. The zero-order chi connectivity index (χ0) is 13.1. The molecular weight excluding hydrogens is 306 g/mol. The molecule has 0 aliphatic rings. The van der Waals surface area contributed by atoms with E-state index >= 15 is 0 Å². The van der Waals surface area contributed by atoms with Crippen LogP contribution in [0.1, 0.15) is 11.7 Å². The molecule has 0 radical (unpaired) electrons. The summed E-state index contributed by atoms with van der Waals surface area (Å²) in [6.45, 7) is 1.75. The lowest BCUT2D eigenvalue weighted by Gasteiger charge is -2.05. The van der Waals surface area contributed by atoms with E-state index < -0.39 is 4.92 Å². The highest BCUT2D eigenvalue weighted by atomic mass is 79.9. The lowest BCUT2D eigenvalue weighted by Crippen LogP contribution is -1.97. The minimum atomic E-state index is -0.490. The maximum Gasteiger partial charge on any atom is 0.273 e. The van der Waals surface area contributed by atoms with Gasteiger partial charge in [-0.25, -0.2) is 0 Å². The molecule has 2 aromatic rings. The summed E-state index contributed by atoms with van der Waals surface area (Å²) in [4.78, 5) is 14.1. The number of benzene rings is 1. The molecule has 8 heteroatoms. The first-order valence-electron chi connectivity index (χ1n) is 4.92. The van der Waals surface area contributed by atoms with Gasteiger partial charge in [0.1, 0.15) is 5.75 Å². The van der Waals surface area contributed by atoms with Crippen LogP contribution < -0.4 is 4.74 Å². The van der Waals surface area contributed by atoms with Crippen molar-refractivity contribution in [2.45, 2.75) is 13.5 Å². The Balaban J connectivity index is 2.13. The van der Waals surface area contributed by atoms with Crippen LogP contribution in [0.15, 0.2) is 27.2 Å². The van der Waals surface area contributed by atoms with Crippen LogP contribution in [0.3, 0.4) is 0 Å². The van der Waals surface area contributed by atoms with Crippen LogP contribution in [-0.4, -0.2) is 15.1 Å². The first kappa shape index (κ1) is 12.5. The Hall–Kier alpha value is -1.96. The average molecular weight is 314 g/mol. The van der Waals surface area contributed by atoms with Gasteiger partial charge in [-0.3, -0.25) is 10.1 Å². The molecule has 1 aromatic carbocycles. The maximum absolute atomic E-state index is 10.6. The number of ether oxygens (including phenoxy) is 1. The summed E-state index contributed by atoms with van der Waals surface area (Å²) in [5.74, 6) is 1.16. The third-order valence-electron chi connectivity index (χ3n) is 2.05. The van der Waals surface area contributed by atoms with Crippen LogP contribution in [0.25, 0.3) is 0 Å². The normalized spacial score (nSPS) is 10.3. The van der Waals surface area contributed by atoms with E-state index in [0.29, 0.717) is 21.9 Å². The molecule has 0 saturated heterocycles. The maximum atomic E-state index is 10.6. The van der Waals surface area contributed by atoms with Crippen molar-refractivity contribution in [1.82, 2.24) is 10.1 Å². The molecule has 0 saturated carbocycles. The van der Waals surface area contributed by atoms with Crippen LogP contribution in [-0.2, 0) is 6.61 Å². The number of rotatable bonds is 4. The fourth-order valence-corrected chi connectivity index (χ4v) is 1.62. The van der Waals surface area contributed by atoms with E-state index in [0.717, 1.165) is 0 Å². The summed E-state index contributed by atoms with van der Waals surface area (Å²) < 4.78 is 10.9. The van der Waals surface area contributed by atoms with Crippen molar-refractivity contribution in [2.24, 2.45) is 0 Å². The van der Waals surface area contributed by atoms with Crippen LogP contribution in [0.5, 0.6) is 5.75 Å². The molecule has 94 valence electrons. The molecule has 1 aromatic heterocycles. The van der Waals surface area contributed by atoms with E-state index in [2.05, 4.69) is 26.1 Å². The number of hydrogen-bond donors (Lipinski definition) is 0. The van der Waals surface area contributed by atoms with Crippen molar-refractivity contribution in [3.8, 4) is 5.75 Å². The van der Waals surface area contributed by atoms with Crippen LogP contribution in [0.2, 0.25) is 0 Å². The Morgan fingerprint density at radius 2 is 2.33 bits per heavy atom. The highest BCUT2D eigenvalue weighted by Crippen LogP contribution is 2.29. The van der Waals surface area contributed by atoms with Gasteiger partial charge in [-0.1, -0.05) is 5.16 Å². The number of nitrogens with zero attached hydrogens (tertiary/aromatic N) is 3. The van der Waals surface area contributed by atoms with E-state index in [1.165, 1.54) is 12.1 Å². The van der Waals surface area contributed by atoms with Gasteiger partial charge in [0.15, 0.2) is 12.4 Å². The quantitative estimate of drug-likeness (QED) is 0.636. The van der Waals surface area contributed by atoms with Gasteiger partial charge in [-0.05, 0) is 28.9 Å². The Bertz CT molecular complexity index is 584. The van der Waals surface area contributed by atoms with Crippen LogP contribution in [0.4, 0.5) is 5.69 Å². The molecule has 2 rings (SSSR count). The van der Waals surface area contributed by atoms with E-state index in [-0.39, 0.29) is 12.3 Å². The van der Waals surface area contributed by atoms with E-state index in [9.17, 15) is 10.1 Å². The number of halogens is 1. The number of nitro benzene ring substituents is 1. The van der Waals surface area contributed by atoms with E-state index in [1.807, 2.05) is 0 Å². The lowest BCUT2D eigenvalue weighted by molar-refractivity contribution is -0.385. The molecule has 7 nitrogen and oxygen atoms in total. The van der Waals surface area contributed by atoms with Gasteiger partial charge < -0.3 is 9.26 Å². The number of non-ortho nitro benzene ring substituents is 1. The van der Waals surface area contributed by atoms with Crippen molar-refractivity contribution < 1.29 is 14.2 Å². The molecular formula is C10H8BrN3O4. The highest BCUT2D eigenvalue weighted by molar-refractivity contribution is 9.10. The molecule has 18 heavy (non-hydrogen) atoms.